The Kier molecular flexibility index (Phi) is 2.81. The van der Waals surface area contributed by atoms with Gasteiger partial charge in [0.1, 0.15) is 0 Å². The molecule has 0 radical (unpaired) electrons. The van der Waals surface area contributed by atoms with Crippen LogP contribution in [0.15, 0.2) is 48.5 Å². The van der Waals surface area contributed by atoms with E-state index in [2.05, 4.69) is 24.4 Å². The van der Waals surface area contributed by atoms with E-state index in [1.54, 1.807) is 0 Å². The van der Waals surface area contributed by atoms with Gasteiger partial charge in [0.05, 0.1) is 0 Å². The van der Waals surface area contributed by atoms with Crippen LogP contribution in [0.2, 0.25) is 0 Å². The lowest BCUT2D eigenvalue weighted by Gasteiger charge is -2.15. The third kappa shape index (κ3) is 2.12. The molecule has 3 heteroatoms. The van der Waals surface area contributed by atoms with Gasteiger partial charge >= 0.3 is 0 Å². The number of hydrogen-bond acceptors (Lipinski definition) is 3. The maximum Gasteiger partial charge on any atom is 0.231 e. The van der Waals surface area contributed by atoms with Crippen LogP contribution < -0.4 is 14.8 Å². The highest BCUT2D eigenvalue weighted by atomic mass is 16.7. The van der Waals surface area contributed by atoms with Gasteiger partial charge in [0.25, 0.3) is 0 Å². The fourth-order valence-electron chi connectivity index (χ4n) is 2.06. The van der Waals surface area contributed by atoms with Crippen molar-refractivity contribution in [2.45, 2.75) is 13.0 Å². The largest absolute Gasteiger partial charge is 0.454 e. The Balaban J connectivity index is 1.77. The molecule has 0 fully saturated rings. The molecule has 3 nitrogen and oxygen atoms in total. The lowest BCUT2D eigenvalue weighted by Crippen LogP contribution is -2.06. The first kappa shape index (κ1) is 11.0. The second-order valence-electron chi connectivity index (χ2n) is 4.34. The first-order chi connectivity index (χ1) is 8.83. The molecule has 1 aliphatic heterocycles. The highest BCUT2D eigenvalue weighted by Crippen LogP contribution is 2.35. The molecule has 0 bridgehead atoms. The van der Waals surface area contributed by atoms with Crippen LogP contribution in [0.3, 0.4) is 0 Å². The summed E-state index contributed by atoms with van der Waals surface area (Å²) in [4.78, 5) is 0. The Morgan fingerprint density at radius 2 is 1.78 bits per heavy atom. The molecule has 2 aromatic rings. The Hall–Kier alpha value is -2.16. The number of anilines is 1. The average molecular weight is 241 g/mol. The Labute approximate surface area is 106 Å². The van der Waals surface area contributed by atoms with Crippen molar-refractivity contribution < 1.29 is 9.47 Å². The van der Waals surface area contributed by atoms with Gasteiger partial charge in [-0.1, -0.05) is 30.3 Å². The minimum atomic E-state index is 0.256. The average Bonchev–Trinajstić information content (AvgIpc) is 2.87. The summed E-state index contributed by atoms with van der Waals surface area (Å²) in [6.45, 7) is 2.45. The lowest BCUT2D eigenvalue weighted by atomic mass is 10.1. The second-order valence-corrected chi connectivity index (χ2v) is 4.34. The molecule has 1 N–H and O–H groups in total. The van der Waals surface area contributed by atoms with Crippen LogP contribution in [0, 0.1) is 0 Å². The van der Waals surface area contributed by atoms with Crippen LogP contribution in [-0.4, -0.2) is 6.79 Å². The third-order valence-electron chi connectivity index (χ3n) is 3.06. The van der Waals surface area contributed by atoms with Crippen LogP contribution in [0.25, 0.3) is 0 Å². The summed E-state index contributed by atoms with van der Waals surface area (Å²) in [6, 6.07) is 16.5. The number of ether oxygens (including phenoxy) is 2. The van der Waals surface area contributed by atoms with Crippen molar-refractivity contribution >= 4 is 5.69 Å². The summed E-state index contributed by atoms with van der Waals surface area (Å²) in [6.07, 6.45) is 0. The molecule has 1 atom stereocenters. The van der Waals surface area contributed by atoms with Crippen molar-refractivity contribution in [1.29, 1.82) is 0 Å². The van der Waals surface area contributed by atoms with Crippen LogP contribution >= 0.6 is 0 Å². The molecule has 1 aliphatic rings. The van der Waals surface area contributed by atoms with Gasteiger partial charge in [0.2, 0.25) is 6.79 Å². The van der Waals surface area contributed by atoms with E-state index in [0.717, 1.165) is 17.2 Å². The number of hydrogen-bond donors (Lipinski definition) is 1. The van der Waals surface area contributed by atoms with Crippen molar-refractivity contribution in [2.75, 3.05) is 12.1 Å². The van der Waals surface area contributed by atoms with Crippen LogP contribution in [0.5, 0.6) is 11.5 Å². The fraction of sp³-hybridized carbons (Fsp3) is 0.200. The highest BCUT2D eigenvalue weighted by molar-refractivity contribution is 5.56. The third-order valence-corrected chi connectivity index (χ3v) is 3.06. The minimum absolute atomic E-state index is 0.256. The molecule has 0 saturated carbocycles. The molecule has 0 aliphatic carbocycles. The Morgan fingerprint density at radius 1 is 1.00 bits per heavy atom. The number of benzene rings is 2. The molecule has 1 heterocycles. The van der Waals surface area contributed by atoms with E-state index < -0.39 is 0 Å². The van der Waals surface area contributed by atoms with Gasteiger partial charge in [-0.2, -0.15) is 0 Å². The monoisotopic (exact) mass is 241 g/mol. The normalized spacial score (nSPS) is 14.3. The zero-order valence-corrected chi connectivity index (χ0v) is 10.2. The molecule has 2 aromatic carbocycles. The van der Waals surface area contributed by atoms with Gasteiger partial charge in [-0.05, 0) is 24.6 Å². The van der Waals surface area contributed by atoms with Gasteiger partial charge in [-0.25, -0.2) is 0 Å². The standard InChI is InChI=1S/C15H15NO2/c1-11(12-5-3-2-4-6-12)16-13-7-8-14-15(9-13)18-10-17-14/h2-9,11,16H,10H2,1H3/t11-/m0/s1. The maximum atomic E-state index is 5.36. The van der Waals surface area contributed by atoms with E-state index in [4.69, 9.17) is 9.47 Å². The maximum absolute atomic E-state index is 5.36. The first-order valence-corrected chi connectivity index (χ1v) is 6.04. The van der Waals surface area contributed by atoms with Crippen molar-refractivity contribution in [3.8, 4) is 11.5 Å². The van der Waals surface area contributed by atoms with Crippen molar-refractivity contribution in [1.82, 2.24) is 0 Å². The van der Waals surface area contributed by atoms with Gasteiger partial charge < -0.3 is 14.8 Å². The molecule has 0 spiro atoms. The quantitative estimate of drug-likeness (QED) is 0.890. The summed E-state index contributed by atoms with van der Waals surface area (Å²) in [5.41, 5.74) is 2.30. The molecule has 92 valence electrons. The van der Waals surface area contributed by atoms with Crippen LogP contribution in [-0.2, 0) is 0 Å². The molecule has 0 saturated heterocycles. The molecular formula is C15H15NO2. The SMILES string of the molecule is C[C@H](Nc1ccc2c(c1)OCO2)c1ccccc1. The van der Waals surface area contributed by atoms with Crippen molar-refractivity contribution in [3.63, 3.8) is 0 Å². The Morgan fingerprint density at radius 3 is 2.61 bits per heavy atom. The fourth-order valence-corrected chi connectivity index (χ4v) is 2.06. The van der Waals surface area contributed by atoms with Crippen LogP contribution in [0.4, 0.5) is 5.69 Å². The molecule has 0 aromatic heterocycles. The topological polar surface area (TPSA) is 30.5 Å². The van der Waals surface area contributed by atoms with Crippen molar-refractivity contribution in [2.24, 2.45) is 0 Å². The minimum Gasteiger partial charge on any atom is -0.454 e. The summed E-state index contributed by atoms with van der Waals surface area (Å²) < 4.78 is 10.7. The van der Waals surface area contributed by atoms with E-state index in [9.17, 15) is 0 Å². The van der Waals surface area contributed by atoms with Gasteiger partial charge in [0.15, 0.2) is 11.5 Å². The van der Waals surface area contributed by atoms with E-state index in [1.165, 1.54) is 5.56 Å². The van der Waals surface area contributed by atoms with Gasteiger partial charge in [-0.15, -0.1) is 0 Å². The summed E-state index contributed by atoms with van der Waals surface area (Å²) in [5.74, 6) is 1.62. The highest BCUT2D eigenvalue weighted by Gasteiger charge is 2.14. The van der Waals surface area contributed by atoms with Crippen LogP contribution in [0.1, 0.15) is 18.5 Å². The predicted octanol–water partition coefficient (Wildman–Crippen LogP) is 3.59. The molecular weight excluding hydrogens is 226 g/mol. The predicted molar refractivity (Wildman–Crippen MR) is 71.0 cm³/mol. The van der Waals surface area contributed by atoms with E-state index in [1.807, 2.05) is 36.4 Å². The smallest absolute Gasteiger partial charge is 0.231 e. The zero-order chi connectivity index (χ0) is 12.4. The Bertz CT molecular complexity index is 539. The van der Waals surface area contributed by atoms with E-state index in [-0.39, 0.29) is 6.04 Å². The number of rotatable bonds is 3. The molecule has 3 rings (SSSR count). The zero-order valence-electron chi connectivity index (χ0n) is 10.2. The van der Waals surface area contributed by atoms with E-state index >= 15 is 0 Å². The van der Waals surface area contributed by atoms with Gasteiger partial charge in [-0.3, -0.25) is 0 Å². The molecule has 0 unspecified atom stereocenters. The lowest BCUT2D eigenvalue weighted by molar-refractivity contribution is 0.174. The number of nitrogens with one attached hydrogen (secondary N) is 1. The molecule has 18 heavy (non-hydrogen) atoms. The molecule has 0 amide bonds. The van der Waals surface area contributed by atoms with Gasteiger partial charge in [0, 0.05) is 17.8 Å². The van der Waals surface area contributed by atoms with Crippen molar-refractivity contribution in [3.05, 3.63) is 54.1 Å². The van der Waals surface area contributed by atoms with E-state index in [0.29, 0.717) is 6.79 Å². The second kappa shape index (κ2) is 4.61. The summed E-state index contributed by atoms with van der Waals surface area (Å²) >= 11 is 0. The first-order valence-electron chi connectivity index (χ1n) is 6.04. The number of fused-ring (bicyclic) bond motifs is 1. The summed E-state index contributed by atoms with van der Waals surface area (Å²) in [5, 5.41) is 3.45. The summed E-state index contributed by atoms with van der Waals surface area (Å²) in [7, 11) is 0.